The summed E-state index contributed by atoms with van der Waals surface area (Å²) in [5.74, 6) is 0.368. The van der Waals surface area contributed by atoms with Gasteiger partial charge >= 0.3 is 0 Å². The summed E-state index contributed by atoms with van der Waals surface area (Å²) >= 11 is 11.3. The van der Waals surface area contributed by atoms with Crippen molar-refractivity contribution in [2.24, 2.45) is 5.41 Å². The van der Waals surface area contributed by atoms with Gasteiger partial charge in [0.25, 0.3) is 0 Å². The van der Waals surface area contributed by atoms with Crippen LogP contribution in [0.2, 0.25) is 10.6 Å². The second kappa shape index (κ2) is 6.33. The molecule has 1 aromatic heterocycles. The van der Waals surface area contributed by atoms with Crippen molar-refractivity contribution >= 4 is 29.2 Å². The normalized spacial score (nSPS) is 11.6. The van der Waals surface area contributed by atoms with Gasteiger partial charge in [-0.1, -0.05) is 13.8 Å². The molecule has 1 aromatic rings. The Kier molecular flexibility index (Phi) is 5.36. The number of nitrogens with zero attached hydrogens (tertiary/aromatic N) is 3. The van der Waals surface area contributed by atoms with Crippen LogP contribution in [0.4, 0.5) is 5.95 Å². The molecule has 96 valence electrons. The maximum absolute atomic E-state index is 8.80. The second-order valence-corrected chi connectivity index (χ2v) is 5.22. The molecule has 17 heavy (non-hydrogen) atoms. The Hall–Kier alpha value is -0.650. The Labute approximate surface area is 111 Å². The smallest absolute Gasteiger partial charge is 0.228 e. The average molecular weight is 279 g/mol. The lowest BCUT2D eigenvalue weighted by atomic mass is 9.88. The van der Waals surface area contributed by atoms with E-state index in [4.69, 9.17) is 28.3 Å². The number of aliphatic hydroxyl groups excluding tert-OH is 1. The van der Waals surface area contributed by atoms with Gasteiger partial charge in [0.05, 0.1) is 0 Å². The Balaban J connectivity index is 2.54. The molecular formula is C10H16Cl2N4O. The Morgan fingerprint density at radius 1 is 1.18 bits per heavy atom. The van der Waals surface area contributed by atoms with Crippen LogP contribution in [-0.4, -0.2) is 33.2 Å². The Morgan fingerprint density at radius 2 is 1.76 bits per heavy atom. The molecule has 0 amide bonds. The van der Waals surface area contributed by atoms with E-state index in [-0.39, 0.29) is 22.6 Å². The molecule has 0 atom stereocenters. The van der Waals surface area contributed by atoms with E-state index in [1.807, 2.05) is 0 Å². The van der Waals surface area contributed by atoms with Crippen LogP contribution in [0.25, 0.3) is 0 Å². The fourth-order valence-electron chi connectivity index (χ4n) is 1.37. The summed E-state index contributed by atoms with van der Waals surface area (Å²) in [6.45, 7) is 5.07. The van der Waals surface area contributed by atoms with Gasteiger partial charge in [-0.05, 0) is 41.5 Å². The third kappa shape index (κ3) is 5.48. The first kappa shape index (κ1) is 14.4. The fraction of sp³-hybridized carbons (Fsp3) is 0.700. The first-order valence-electron chi connectivity index (χ1n) is 5.35. The summed E-state index contributed by atoms with van der Waals surface area (Å²) in [7, 11) is 0. The van der Waals surface area contributed by atoms with E-state index < -0.39 is 0 Å². The van der Waals surface area contributed by atoms with Gasteiger partial charge in [-0.15, -0.1) is 0 Å². The molecule has 0 fully saturated rings. The Bertz CT molecular complexity index is 353. The minimum Gasteiger partial charge on any atom is -0.396 e. The lowest BCUT2D eigenvalue weighted by Crippen LogP contribution is -2.24. The molecular weight excluding hydrogens is 263 g/mol. The molecule has 7 heteroatoms. The molecule has 1 heterocycles. The Morgan fingerprint density at radius 3 is 2.29 bits per heavy atom. The standard InChI is InChI=1S/C10H16Cl2N4O/c1-10(2,4-3-5-17)6-13-9-15-7(11)14-8(12)16-9/h17H,3-6H2,1-2H3,(H,13,14,15,16). The highest BCUT2D eigenvalue weighted by Gasteiger charge is 2.17. The van der Waals surface area contributed by atoms with Gasteiger partial charge < -0.3 is 10.4 Å². The minimum absolute atomic E-state index is 0.0360. The van der Waals surface area contributed by atoms with Gasteiger partial charge in [0.1, 0.15) is 0 Å². The maximum atomic E-state index is 8.80. The molecule has 2 N–H and O–H groups in total. The maximum Gasteiger partial charge on any atom is 0.228 e. The van der Waals surface area contributed by atoms with Crippen molar-refractivity contribution in [2.75, 3.05) is 18.5 Å². The van der Waals surface area contributed by atoms with Crippen LogP contribution in [0, 0.1) is 5.41 Å². The molecule has 0 radical (unpaired) electrons. The summed E-state index contributed by atoms with van der Waals surface area (Å²) in [6, 6.07) is 0. The van der Waals surface area contributed by atoms with Crippen molar-refractivity contribution < 1.29 is 5.11 Å². The summed E-state index contributed by atoms with van der Waals surface area (Å²) in [6.07, 6.45) is 1.68. The van der Waals surface area contributed by atoms with Crippen molar-refractivity contribution in [2.45, 2.75) is 26.7 Å². The van der Waals surface area contributed by atoms with Crippen LogP contribution in [-0.2, 0) is 0 Å². The summed E-state index contributed by atoms with van der Waals surface area (Å²) < 4.78 is 0. The first-order chi connectivity index (χ1) is 7.93. The van der Waals surface area contributed by atoms with E-state index in [0.717, 1.165) is 12.8 Å². The van der Waals surface area contributed by atoms with E-state index in [0.29, 0.717) is 12.5 Å². The third-order valence-corrected chi connectivity index (χ3v) is 2.66. The van der Waals surface area contributed by atoms with Gasteiger partial charge in [0.15, 0.2) is 0 Å². The van der Waals surface area contributed by atoms with Crippen molar-refractivity contribution in [3.05, 3.63) is 10.6 Å². The van der Waals surface area contributed by atoms with E-state index >= 15 is 0 Å². The van der Waals surface area contributed by atoms with E-state index in [1.165, 1.54) is 0 Å². The summed E-state index contributed by atoms with van der Waals surface area (Å²) in [5, 5.41) is 12.0. The van der Waals surface area contributed by atoms with E-state index in [9.17, 15) is 0 Å². The predicted octanol–water partition coefficient (Wildman–Crippen LogP) is 2.39. The van der Waals surface area contributed by atoms with Crippen molar-refractivity contribution in [3.63, 3.8) is 0 Å². The number of nitrogens with one attached hydrogen (secondary N) is 1. The van der Waals surface area contributed by atoms with Crippen LogP contribution >= 0.6 is 23.2 Å². The van der Waals surface area contributed by atoms with Crippen molar-refractivity contribution in [1.82, 2.24) is 15.0 Å². The highest BCUT2D eigenvalue weighted by molar-refractivity contribution is 6.31. The molecule has 0 aromatic carbocycles. The topological polar surface area (TPSA) is 70.9 Å². The lowest BCUT2D eigenvalue weighted by Gasteiger charge is -2.24. The summed E-state index contributed by atoms with van der Waals surface area (Å²) in [4.78, 5) is 11.5. The highest BCUT2D eigenvalue weighted by atomic mass is 35.5. The molecule has 0 spiro atoms. The fourth-order valence-corrected chi connectivity index (χ4v) is 1.73. The molecule has 0 saturated heterocycles. The van der Waals surface area contributed by atoms with Gasteiger partial charge in [0.2, 0.25) is 16.5 Å². The lowest BCUT2D eigenvalue weighted by molar-refractivity contribution is 0.247. The molecule has 0 aliphatic heterocycles. The van der Waals surface area contributed by atoms with Crippen molar-refractivity contribution in [1.29, 1.82) is 0 Å². The van der Waals surface area contributed by atoms with Crippen LogP contribution in [0.1, 0.15) is 26.7 Å². The second-order valence-electron chi connectivity index (χ2n) is 4.54. The molecule has 0 aliphatic rings. The zero-order chi connectivity index (χ0) is 12.9. The average Bonchev–Trinajstić information content (AvgIpc) is 2.23. The summed E-state index contributed by atoms with van der Waals surface area (Å²) in [5.41, 5.74) is 0.0360. The largest absolute Gasteiger partial charge is 0.396 e. The zero-order valence-electron chi connectivity index (χ0n) is 9.87. The monoisotopic (exact) mass is 278 g/mol. The molecule has 0 saturated carbocycles. The number of anilines is 1. The van der Waals surface area contributed by atoms with Crippen LogP contribution in [0.5, 0.6) is 0 Å². The van der Waals surface area contributed by atoms with Gasteiger partial charge in [-0.2, -0.15) is 15.0 Å². The predicted molar refractivity (Wildman–Crippen MR) is 68.4 cm³/mol. The molecule has 0 aliphatic carbocycles. The van der Waals surface area contributed by atoms with Crippen LogP contribution in [0.15, 0.2) is 0 Å². The SMILES string of the molecule is CC(C)(CCCO)CNc1nc(Cl)nc(Cl)n1. The highest BCUT2D eigenvalue weighted by Crippen LogP contribution is 2.22. The molecule has 1 rings (SSSR count). The van der Waals surface area contributed by atoms with E-state index in [2.05, 4.69) is 34.1 Å². The van der Waals surface area contributed by atoms with Gasteiger partial charge in [-0.3, -0.25) is 0 Å². The molecule has 5 nitrogen and oxygen atoms in total. The number of halogens is 2. The number of aromatic nitrogens is 3. The number of rotatable bonds is 6. The van der Waals surface area contributed by atoms with Gasteiger partial charge in [0, 0.05) is 13.2 Å². The third-order valence-electron chi connectivity index (χ3n) is 2.32. The number of aliphatic hydroxyl groups is 1. The zero-order valence-corrected chi connectivity index (χ0v) is 11.4. The van der Waals surface area contributed by atoms with E-state index in [1.54, 1.807) is 0 Å². The quantitative estimate of drug-likeness (QED) is 0.836. The number of hydrogen-bond donors (Lipinski definition) is 2. The van der Waals surface area contributed by atoms with Crippen molar-refractivity contribution in [3.8, 4) is 0 Å². The minimum atomic E-state index is 0.0360. The molecule has 0 unspecified atom stereocenters. The van der Waals surface area contributed by atoms with Crippen LogP contribution < -0.4 is 5.32 Å². The number of hydrogen-bond acceptors (Lipinski definition) is 5. The first-order valence-corrected chi connectivity index (χ1v) is 6.10. The molecule has 0 bridgehead atoms. The van der Waals surface area contributed by atoms with Gasteiger partial charge in [-0.25, -0.2) is 0 Å². The van der Waals surface area contributed by atoms with Crippen LogP contribution in [0.3, 0.4) is 0 Å².